The van der Waals surface area contributed by atoms with Crippen LogP contribution in [0.4, 0.5) is 20.6 Å². The molecule has 1 fully saturated rings. The van der Waals surface area contributed by atoms with Crippen LogP contribution in [0.3, 0.4) is 0 Å². The Labute approximate surface area is 203 Å². The Bertz CT molecular complexity index is 1180. The summed E-state index contributed by atoms with van der Waals surface area (Å²) in [4.78, 5) is 41.8. The third-order valence-electron chi connectivity index (χ3n) is 5.72. The number of nitrogens with zero attached hydrogens (tertiary/aromatic N) is 2. The molecule has 0 spiro atoms. The van der Waals surface area contributed by atoms with Gasteiger partial charge in [0.05, 0.1) is 18.7 Å². The van der Waals surface area contributed by atoms with Gasteiger partial charge in [-0.25, -0.2) is 14.1 Å². The Kier molecular flexibility index (Phi) is 7.40. The van der Waals surface area contributed by atoms with Crippen molar-refractivity contribution in [2.75, 3.05) is 23.4 Å². The summed E-state index contributed by atoms with van der Waals surface area (Å²) in [6, 6.07) is 20.1. The van der Waals surface area contributed by atoms with Crippen molar-refractivity contribution < 1.29 is 23.5 Å². The van der Waals surface area contributed by atoms with Gasteiger partial charge in [0.15, 0.2) is 0 Å². The van der Waals surface area contributed by atoms with Gasteiger partial charge in [0, 0.05) is 12.2 Å². The first-order valence-corrected chi connectivity index (χ1v) is 11.4. The Morgan fingerprint density at radius 2 is 1.66 bits per heavy atom. The van der Waals surface area contributed by atoms with Crippen molar-refractivity contribution in [3.8, 4) is 5.75 Å². The van der Waals surface area contributed by atoms with Gasteiger partial charge in [-0.15, -0.1) is 0 Å². The number of nitrogens with one attached hydrogen (secondary N) is 1. The number of anilines is 2. The van der Waals surface area contributed by atoms with Crippen LogP contribution in [0.5, 0.6) is 5.75 Å². The summed E-state index contributed by atoms with van der Waals surface area (Å²) in [5.41, 5.74) is 1.83. The summed E-state index contributed by atoms with van der Waals surface area (Å²) in [5.74, 6) is -0.702. The fraction of sp³-hybridized carbons (Fsp3) is 0.222. The molecular formula is C27H26FN3O4. The molecule has 3 aromatic carbocycles. The Balaban J connectivity index is 1.52. The summed E-state index contributed by atoms with van der Waals surface area (Å²) in [6.07, 6.45) is 0.318. The predicted molar refractivity (Wildman–Crippen MR) is 131 cm³/mol. The van der Waals surface area contributed by atoms with E-state index in [9.17, 15) is 18.8 Å². The standard InChI is InChI=1S/C27H26FN3O4/c1-2-35-23-14-10-21(11-15-23)29-25(32)18-24-26(33)31(22-12-8-20(28)9-13-22)27(34)30(24)17-16-19-6-4-3-5-7-19/h3-15,24H,2,16-18H2,1H3,(H,29,32). The van der Waals surface area contributed by atoms with Crippen molar-refractivity contribution in [1.82, 2.24) is 4.90 Å². The molecule has 4 rings (SSSR count). The van der Waals surface area contributed by atoms with Crippen LogP contribution in [-0.4, -0.2) is 41.9 Å². The summed E-state index contributed by atoms with van der Waals surface area (Å²) in [6.45, 7) is 2.68. The van der Waals surface area contributed by atoms with E-state index >= 15 is 0 Å². The third kappa shape index (κ3) is 5.66. The number of imide groups is 1. The van der Waals surface area contributed by atoms with E-state index < -0.39 is 29.7 Å². The predicted octanol–water partition coefficient (Wildman–Crippen LogP) is 4.63. The molecule has 1 unspecified atom stereocenters. The fourth-order valence-corrected chi connectivity index (χ4v) is 4.00. The number of amides is 4. The quantitative estimate of drug-likeness (QED) is 0.458. The zero-order valence-electron chi connectivity index (χ0n) is 19.3. The maximum atomic E-state index is 13.4. The van der Waals surface area contributed by atoms with Gasteiger partial charge in [-0.3, -0.25) is 9.59 Å². The highest BCUT2D eigenvalue weighted by atomic mass is 19.1. The van der Waals surface area contributed by atoms with Crippen molar-refractivity contribution >= 4 is 29.2 Å². The Morgan fingerprint density at radius 1 is 0.971 bits per heavy atom. The van der Waals surface area contributed by atoms with Gasteiger partial charge in [-0.05, 0) is 67.4 Å². The largest absolute Gasteiger partial charge is 0.494 e. The number of benzene rings is 3. The zero-order chi connectivity index (χ0) is 24.8. The van der Waals surface area contributed by atoms with Crippen molar-refractivity contribution in [2.24, 2.45) is 0 Å². The Hall–Kier alpha value is -4.20. The average Bonchev–Trinajstić information content (AvgIpc) is 3.09. The normalized spacial score (nSPS) is 15.4. The second-order valence-electron chi connectivity index (χ2n) is 8.09. The molecule has 35 heavy (non-hydrogen) atoms. The summed E-state index contributed by atoms with van der Waals surface area (Å²) in [7, 11) is 0. The zero-order valence-corrected chi connectivity index (χ0v) is 19.3. The minimum Gasteiger partial charge on any atom is -0.494 e. The van der Waals surface area contributed by atoms with Crippen molar-refractivity contribution in [1.29, 1.82) is 0 Å². The topological polar surface area (TPSA) is 79.0 Å². The number of hydrogen-bond donors (Lipinski definition) is 1. The lowest BCUT2D eigenvalue weighted by atomic mass is 10.1. The number of rotatable bonds is 9. The van der Waals surface area contributed by atoms with Crippen molar-refractivity contribution in [2.45, 2.75) is 25.8 Å². The molecule has 0 aliphatic carbocycles. The molecule has 1 aliphatic rings. The lowest BCUT2D eigenvalue weighted by Crippen LogP contribution is -2.39. The summed E-state index contributed by atoms with van der Waals surface area (Å²) < 4.78 is 18.8. The molecule has 1 atom stereocenters. The first kappa shape index (κ1) is 23.9. The third-order valence-corrected chi connectivity index (χ3v) is 5.72. The average molecular weight is 476 g/mol. The minimum absolute atomic E-state index is 0.204. The van der Waals surface area contributed by atoms with Gasteiger partial charge < -0.3 is 15.0 Å². The van der Waals surface area contributed by atoms with Crippen LogP contribution < -0.4 is 15.0 Å². The summed E-state index contributed by atoms with van der Waals surface area (Å²) >= 11 is 0. The summed E-state index contributed by atoms with van der Waals surface area (Å²) in [5, 5.41) is 2.78. The van der Waals surface area contributed by atoms with E-state index in [0.29, 0.717) is 24.5 Å². The van der Waals surface area contributed by atoms with E-state index in [-0.39, 0.29) is 18.7 Å². The number of urea groups is 1. The lowest BCUT2D eigenvalue weighted by molar-refractivity contribution is -0.124. The van der Waals surface area contributed by atoms with Gasteiger partial charge in [-0.1, -0.05) is 30.3 Å². The first-order chi connectivity index (χ1) is 17.0. The maximum Gasteiger partial charge on any atom is 0.332 e. The second kappa shape index (κ2) is 10.8. The molecule has 0 radical (unpaired) electrons. The van der Waals surface area contributed by atoms with Crippen LogP contribution in [0, 0.1) is 5.82 Å². The molecule has 180 valence electrons. The minimum atomic E-state index is -0.973. The van der Waals surface area contributed by atoms with Crippen LogP contribution in [0.25, 0.3) is 0 Å². The van der Waals surface area contributed by atoms with Crippen molar-refractivity contribution in [3.63, 3.8) is 0 Å². The van der Waals surface area contributed by atoms with Crippen LogP contribution in [0.1, 0.15) is 18.9 Å². The monoisotopic (exact) mass is 475 g/mol. The van der Waals surface area contributed by atoms with E-state index in [1.807, 2.05) is 37.3 Å². The van der Waals surface area contributed by atoms with E-state index in [1.165, 1.54) is 29.2 Å². The highest BCUT2D eigenvalue weighted by Crippen LogP contribution is 2.28. The number of ether oxygens (including phenoxy) is 1. The molecule has 0 aromatic heterocycles. The number of carbonyl (C=O) groups excluding carboxylic acids is 3. The second-order valence-corrected chi connectivity index (χ2v) is 8.09. The molecular weight excluding hydrogens is 449 g/mol. The first-order valence-electron chi connectivity index (χ1n) is 11.4. The van der Waals surface area contributed by atoms with E-state index in [2.05, 4.69) is 5.32 Å². The molecule has 1 saturated heterocycles. The van der Waals surface area contributed by atoms with E-state index in [4.69, 9.17) is 4.74 Å². The van der Waals surface area contributed by atoms with Gasteiger partial charge in [-0.2, -0.15) is 0 Å². The molecule has 7 nitrogen and oxygen atoms in total. The van der Waals surface area contributed by atoms with Gasteiger partial charge >= 0.3 is 6.03 Å². The van der Waals surface area contributed by atoms with Crippen LogP contribution in [0.15, 0.2) is 78.9 Å². The van der Waals surface area contributed by atoms with Crippen LogP contribution in [-0.2, 0) is 16.0 Å². The molecule has 0 bridgehead atoms. The smallest absolute Gasteiger partial charge is 0.332 e. The van der Waals surface area contributed by atoms with Gasteiger partial charge in [0.2, 0.25) is 5.91 Å². The molecule has 1 N–H and O–H groups in total. The van der Waals surface area contributed by atoms with E-state index in [1.54, 1.807) is 24.3 Å². The fourth-order valence-electron chi connectivity index (χ4n) is 4.00. The van der Waals surface area contributed by atoms with Crippen LogP contribution in [0.2, 0.25) is 0 Å². The molecule has 1 aliphatic heterocycles. The van der Waals surface area contributed by atoms with Crippen molar-refractivity contribution in [3.05, 3.63) is 90.2 Å². The molecule has 0 saturated carbocycles. The maximum absolute atomic E-state index is 13.4. The number of halogens is 1. The number of hydrogen-bond acceptors (Lipinski definition) is 4. The molecule has 3 aromatic rings. The molecule has 8 heteroatoms. The Morgan fingerprint density at radius 3 is 2.31 bits per heavy atom. The van der Waals surface area contributed by atoms with Crippen LogP contribution >= 0.6 is 0 Å². The number of carbonyl (C=O) groups is 3. The molecule has 4 amide bonds. The molecule has 1 heterocycles. The SMILES string of the molecule is CCOc1ccc(NC(=O)CC2C(=O)N(c3ccc(F)cc3)C(=O)N2CCc2ccccc2)cc1. The van der Waals surface area contributed by atoms with Gasteiger partial charge in [0.1, 0.15) is 17.6 Å². The van der Waals surface area contributed by atoms with Gasteiger partial charge in [0.25, 0.3) is 5.91 Å². The lowest BCUT2D eigenvalue weighted by Gasteiger charge is -2.21. The highest BCUT2D eigenvalue weighted by molar-refractivity contribution is 6.22. The van der Waals surface area contributed by atoms with E-state index in [0.717, 1.165) is 10.5 Å². The highest BCUT2D eigenvalue weighted by Gasteiger charge is 2.46.